The minimum Gasteiger partial charge on any atom is -0.388 e. The molecule has 1 aliphatic heterocycles. The van der Waals surface area contributed by atoms with Crippen LogP contribution in [0.15, 0.2) is 30.3 Å². The third kappa shape index (κ3) is 6.71. The van der Waals surface area contributed by atoms with Crippen molar-refractivity contribution in [2.24, 2.45) is 5.92 Å². The molecule has 128 valence electrons. The molecule has 0 bridgehead atoms. The van der Waals surface area contributed by atoms with Gasteiger partial charge in [-0.2, -0.15) is 0 Å². The standard InChI is InChI=1S/C19H30N2O2/c1-16-9-13-21(14-10-16)12-6-5-11-20-19(23)15-18(22)17-7-3-2-4-8-17/h2-4,7-8,16,18,22H,5-6,9-15H2,1H3,(H,20,23). The molecule has 1 saturated heterocycles. The number of carbonyl (C=O) groups excluding carboxylic acids is 1. The number of aliphatic hydroxyl groups excluding tert-OH is 1. The molecule has 1 aromatic carbocycles. The fraction of sp³-hybridized carbons (Fsp3) is 0.632. The van der Waals surface area contributed by atoms with E-state index in [0.29, 0.717) is 6.54 Å². The predicted molar refractivity (Wildman–Crippen MR) is 93.1 cm³/mol. The van der Waals surface area contributed by atoms with Crippen molar-refractivity contribution >= 4 is 5.91 Å². The first kappa shape index (κ1) is 18.0. The van der Waals surface area contributed by atoms with Crippen molar-refractivity contribution in [3.63, 3.8) is 0 Å². The van der Waals surface area contributed by atoms with Crippen LogP contribution in [0.1, 0.15) is 50.7 Å². The van der Waals surface area contributed by atoms with Gasteiger partial charge in [0.15, 0.2) is 0 Å². The zero-order valence-corrected chi connectivity index (χ0v) is 14.2. The molecule has 4 nitrogen and oxygen atoms in total. The number of benzene rings is 1. The van der Waals surface area contributed by atoms with Gasteiger partial charge in [0.1, 0.15) is 0 Å². The summed E-state index contributed by atoms with van der Waals surface area (Å²) in [5.74, 6) is 0.801. The number of unbranched alkanes of at least 4 members (excludes halogenated alkanes) is 1. The quantitative estimate of drug-likeness (QED) is 0.725. The van der Waals surface area contributed by atoms with E-state index < -0.39 is 6.10 Å². The Morgan fingerprint density at radius 3 is 2.65 bits per heavy atom. The minimum absolute atomic E-state index is 0.0758. The van der Waals surface area contributed by atoms with Crippen molar-refractivity contribution in [3.8, 4) is 0 Å². The van der Waals surface area contributed by atoms with Crippen LogP contribution < -0.4 is 5.32 Å². The number of amides is 1. The fourth-order valence-corrected chi connectivity index (χ4v) is 3.01. The predicted octanol–water partition coefficient (Wildman–Crippen LogP) is 2.74. The molecule has 1 unspecified atom stereocenters. The highest BCUT2D eigenvalue weighted by atomic mass is 16.3. The van der Waals surface area contributed by atoms with Gasteiger partial charge in [0.2, 0.25) is 5.91 Å². The van der Waals surface area contributed by atoms with Crippen molar-refractivity contribution in [1.82, 2.24) is 10.2 Å². The molecule has 2 rings (SSSR count). The third-order valence-electron chi connectivity index (χ3n) is 4.66. The van der Waals surface area contributed by atoms with Gasteiger partial charge < -0.3 is 15.3 Å². The summed E-state index contributed by atoms with van der Waals surface area (Å²) in [5, 5.41) is 12.9. The first-order valence-corrected chi connectivity index (χ1v) is 8.87. The Kier molecular flexibility index (Phi) is 7.56. The van der Waals surface area contributed by atoms with Gasteiger partial charge in [-0.05, 0) is 56.8 Å². The summed E-state index contributed by atoms with van der Waals surface area (Å²) >= 11 is 0. The number of carbonyl (C=O) groups is 1. The van der Waals surface area contributed by atoms with Crippen molar-refractivity contribution in [1.29, 1.82) is 0 Å². The van der Waals surface area contributed by atoms with Crippen LogP contribution in [0.3, 0.4) is 0 Å². The fourth-order valence-electron chi connectivity index (χ4n) is 3.01. The SMILES string of the molecule is CC1CCN(CCCCNC(=O)CC(O)c2ccccc2)CC1. The molecule has 0 aromatic heterocycles. The minimum atomic E-state index is -0.716. The Morgan fingerprint density at radius 1 is 1.26 bits per heavy atom. The van der Waals surface area contributed by atoms with Gasteiger partial charge in [-0.3, -0.25) is 4.79 Å². The second kappa shape index (κ2) is 9.68. The van der Waals surface area contributed by atoms with Crippen molar-refractivity contribution in [2.75, 3.05) is 26.2 Å². The molecular formula is C19H30N2O2. The van der Waals surface area contributed by atoms with Gasteiger partial charge in [-0.1, -0.05) is 37.3 Å². The van der Waals surface area contributed by atoms with Gasteiger partial charge in [0.05, 0.1) is 12.5 Å². The first-order chi connectivity index (χ1) is 11.1. The monoisotopic (exact) mass is 318 g/mol. The summed E-state index contributed by atoms with van der Waals surface area (Å²) in [4.78, 5) is 14.4. The topological polar surface area (TPSA) is 52.6 Å². The van der Waals surface area contributed by atoms with Crippen molar-refractivity contribution in [2.45, 2.75) is 45.1 Å². The zero-order chi connectivity index (χ0) is 16.5. The highest BCUT2D eigenvalue weighted by Gasteiger charge is 2.15. The van der Waals surface area contributed by atoms with E-state index in [1.165, 1.54) is 25.9 Å². The summed E-state index contributed by atoms with van der Waals surface area (Å²) < 4.78 is 0. The number of likely N-dealkylation sites (tertiary alicyclic amines) is 1. The van der Waals surface area contributed by atoms with Crippen LogP contribution in [-0.2, 0) is 4.79 Å². The van der Waals surface area contributed by atoms with Gasteiger partial charge in [-0.25, -0.2) is 0 Å². The molecule has 1 aromatic rings. The molecule has 23 heavy (non-hydrogen) atoms. The van der Waals surface area contributed by atoms with Crippen molar-refractivity contribution in [3.05, 3.63) is 35.9 Å². The van der Waals surface area contributed by atoms with Gasteiger partial charge in [0, 0.05) is 6.54 Å². The molecule has 1 aliphatic rings. The lowest BCUT2D eigenvalue weighted by molar-refractivity contribution is -0.123. The first-order valence-electron chi connectivity index (χ1n) is 8.87. The lowest BCUT2D eigenvalue weighted by Crippen LogP contribution is -2.34. The molecule has 0 aliphatic carbocycles. The Labute approximate surface area is 139 Å². The second-order valence-corrected chi connectivity index (χ2v) is 6.71. The summed E-state index contributed by atoms with van der Waals surface area (Å²) in [6.07, 6.45) is 4.16. The van der Waals surface area contributed by atoms with E-state index in [0.717, 1.165) is 30.9 Å². The Hall–Kier alpha value is -1.39. The molecule has 2 N–H and O–H groups in total. The number of nitrogens with zero attached hydrogens (tertiary/aromatic N) is 1. The van der Waals surface area contributed by atoms with Gasteiger partial charge >= 0.3 is 0 Å². The Bertz CT molecular complexity index is 456. The van der Waals surface area contributed by atoms with Crippen LogP contribution >= 0.6 is 0 Å². The largest absolute Gasteiger partial charge is 0.388 e. The van der Waals surface area contributed by atoms with E-state index in [9.17, 15) is 9.90 Å². The normalized spacial score (nSPS) is 17.8. The van der Waals surface area contributed by atoms with Crippen LogP contribution in [0.5, 0.6) is 0 Å². The highest BCUT2D eigenvalue weighted by molar-refractivity contribution is 5.76. The van der Waals surface area contributed by atoms with E-state index in [4.69, 9.17) is 0 Å². The van der Waals surface area contributed by atoms with Crippen LogP contribution in [0.4, 0.5) is 0 Å². The number of aliphatic hydroxyl groups is 1. The number of piperidine rings is 1. The lowest BCUT2D eigenvalue weighted by Gasteiger charge is -2.30. The molecule has 1 heterocycles. The maximum absolute atomic E-state index is 11.8. The third-order valence-corrected chi connectivity index (χ3v) is 4.66. The Balaban J connectivity index is 1.53. The summed E-state index contributed by atoms with van der Waals surface area (Å²) in [5.41, 5.74) is 0.793. The summed E-state index contributed by atoms with van der Waals surface area (Å²) in [6, 6.07) is 9.34. The molecule has 1 amide bonds. The summed E-state index contributed by atoms with van der Waals surface area (Å²) in [7, 11) is 0. The molecule has 0 saturated carbocycles. The molecule has 1 atom stereocenters. The highest BCUT2D eigenvalue weighted by Crippen LogP contribution is 2.16. The maximum Gasteiger partial charge on any atom is 0.222 e. The second-order valence-electron chi connectivity index (χ2n) is 6.71. The molecule has 0 spiro atoms. The summed E-state index contributed by atoms with van der Waals surface area (Å²) in [6.45, 7) is 6.60. The average Bonchev–Trinajstić information content (AvgIpc) is 2.57. The molecule has 4 heteroatoms. The van der Waals surface area contributed by atoms with E-state index in [1.54, 1.807) is 0 Å². The van der Waals surface area contributed by atoms with Crippen LogP contribution in [0, 0.1) is 5.92 Å². The van der Waals surface area contributed by atoms with Crippen LogP contribution in [-0.4, -0.2) is 42.1 Å². The van der Waals surface area contributed by atoms with Gasteiger partial charge in [-0.15, -0.1) is 0 Å². The van der Waals surface area contributed by atoms with Crippen LogP contribution in [0.2, 0.25) is 0 Å². The zero-order valence-electron chi connectivity index (χ0n) is 14.2. The van der Waals surface area contributed by atoms with E-state index in [1.807, 2.05) is 30.3 Å². The van der Waals surface area contributed by atoms with Crippen molar-refractivity contribution < 1.29 is 9.90 Å². The van der Waals surface area contributed by atoms with Crippen LogP contribution in [0.25, 0.3) is 0 Å². The maximum atomic E-state index is 11.8. The number of rotatable bonds is 8. The average molecular weight is 318 g/mol. The van der Waals surface area contributed by atoms with E-state index in [-0.39, 0.29) is 12.3 Å². The number of hydrogen-bond donors (Lipinski definition) is 2. The molecule has 0 radical (unpaired) electrons. The lowest BCUT2D eigenvalue weighted by atomic mass is 9.99. The molecule has 1 fully saturated rings. The number of nitrogens with one attached hydrogen (secondary N) is 1. The van der Waals surface area contributed by atoms with Gasteiger partial charge in [0.25, 0.3) is 0 Å². The van der Waals surface area contributed by atoms with E-state index >= 15 is 0 Å². The Morgan fingerprint density at radius 2 is 1.96 bits per heavy atom. The smallest absolute Gasteiger partial charge is 0.222 e. The van der Waals surface area contributed by atoms with E-state index in [2.05, 4.69) is 17.1 Å². The molecular weight excluding hydrogens is 288 g/mol. The number of hydrogen-bond acceptors (Lipinski definition) is 3.